The zero-order valence-electron chi connectivity index (χ0n) is 13.5. The topological polar surface area (TPSA) is 44.5 Å². The lowest BCUT2D eigenvalue weighted by atomic mass is 10.1. The molecule has 3 nitrogen and oxygen atoms in total. The molecular weight excluding hydrogens is 274 g/mol. The van der Waals surface area contributed by atoms with E-state index in [1.54, 1.807) is 0 Å². The normalized spacial score (nSPS) is 10.5. The van der Waals surface area contributed by atoms with E-state index in [0.717, 1.165) is 29.9 Å². The Balaban J connectivity index is 2.08. The van der Waals surface area contributed by atoms with Crippen LogP contribution in [0.25, 0.3) is 0 Å². The van der Waals surface area contributed by atoms with Gasteiger partial charge in [0.1, 0.15) is 6.61 Å². The number of ether oxygens (including phenoxy) is 2. The zero-order chi connectivity index (χ0) is 15.8. The third-order valence-electron chi connectivity index (χ3n) is 3.45. The van der Waals surface area contributed by atoms with E-state index >= 15 is 0 Å². The third kappa shape index (κ3) is 4.78. The highest BCUT2D eigenvalue weighted by Gasteiger charge is 2.07. The second-order valence-electron chi connectivity index (χ2n) is 5.38. The second-order valence-corrected chi connectivity index (χ2v) is 5.38. The van der Waals surface area contributed by atoms with E-state index < -0.39 is 0 Å². The van der Waals surface area contributed by atoms with Crippen LogP contribution in [0.4, 0.5) is 0 Å². The molecule has 22 heavy (non-hydrogen) atoms. The molecule has 0 aliphatic heterocycles. The molecule has 0 aromatic heterocycles. The SMILES string of the molecule is CCOc1cc(CCCN)ccc1OCc1cccc(C)c1. The first-order valence-corrected chi connectivity index (χ1v) is 7.87. The molecule has 0 aliphatic rings. The molecule has 3 heteroatoms. The van der Waals surface area contributed by atoms with Crippen LogP contribution < -0.4 is 15.2 Å². The maximum Gasteiger partial charge on any atom is 0.161 e. The van der Waals surface area contributed by atoms with Crippen molar-refractivity contribution in [2.75, 3.05) is 13.2 Å². The Bertz CT molecular complexity index is 596. The lowest BCUT2D eigenvalue weighted by molar-refractivity contribution is 0.269. The number of hydrogen-bond donors (Lipinski definition) is 1. The molecule has 0 spiro atoms. The van der Waals surface area contributed by atoms with Crippen molar-refractivity contribution in [3.05, 3.63) is 59.2 Å². The molecule has 0 heterocycles. The molecule has 0 fully saturated rings. The number of hydrogen-bond acceptors (Lipinski definition) is 3. The van der Waals surface area contributed by atoms with Crippen molar-refractivity contribution in [1.29, 1.82) is 0 Å². The molecule has 0 amide bonds. The number of nitrogens with two attached hydrogens (primary N) is 1. The summed E-state index contributed by atoms with van der Waals surface area (Å²) in [5.41, 5.74) is 9.21. The second kappa shape index (κ2) is 8.44. The fourth-order valence-electron chi connectivity index (χ4n) is 2.36. The summed E-state index contributed by atoms with van der Waals surface area (Å²) in [7, 11) is 0. The molecule has 0 saturated heterocycles. The number of rotatable bonds is 8. The summed E-state index contributed by atoms with van der Waals surface area (Å²) >= 11 is 0. The van der Waals surface area contributed by atoms with E-state index in [0.29, 0.717) is 19.8 Å². The highest BCUT2D eigenvalue weighted by molar-refractivity contribution is 5.43. The van der Waals surface area contributed by atoms with Crippen LogP contribution in [-0.4, -0.2) is 13.2 Å². The van der Waals surface area contributed by atoms with Gasteiger partial charge in [-0.1, -0.05) is 35.9 Å². The average Bonchev–Trinajstić information content (AvgIpc) is 2.52. The fourth-order valence-corrected chi connectivity index (χ4v) is 2.36. The summed E-state index contributed by atoms with van der Waals surface area (Å²) in [6, 6.07) is 14.5. The van der Waals surface area contributed by atoms with E-state index in [-0.39, 0.29) is 0 Å². The molecule has 0 aliphatic carbocycles. The molecule has 0 bridgehead atoms. The Kier molecular flexibility index (Phi) is 6.28. The standard InChI is InChI=1S/C19H25NO2/c1-3-21-19-13-16(8-5-11-20)9-10-18(19)22-14-17-7-4-6-15(2)12-17/h4,6-7,9-10,12-13H,3,5,8,11,14,20H2,1-2H3. The largest absolute Gasteiger partial charge is 0.490 e. The van der Waals surface area contributed by atoms with E-state index in [9.17, 15) is 0 Å². The first-order valence-electron chi connectivity index (χ1n) is 7.87. The zero-order valence-corrected chi connectivity index (χ0v) is 13.5. The van der Waals surface area contributed by atoms with E-state index in [1.807, 2.05) is 19.1 Å². The minimum absolute atomic E-state index is 0.546. The fraction of sp³-hybridized carbons (Fsp3) is 0.368. The van der Waals surface area contributed by atoms with Gasteiger partial charge in [-0.05, 0) is 56.5 Å². The molecule has 0 saturated carbocycles. The lowest BCUT2D eigenvalue weighted by Crippen LogP contribution is -2.02. The van der Waals surface area contributed by atoms with Crippen LogP contribution in [0.15, 0.2) is 42.5 Å². The number of aryl methyl sites for hydroxylation is 2. The van der Waals surface area contributed by atoms with Gasteiger partial charge in [-0.15, -0.1) is 0 Å². The van der Waals surface area contributed by atoms with Crippen LogP contribution in [0, 0.1) is 6.92 Å². The average molecular weight is 299 g/mol. The summed E-state index contributed by atoms with van der Waals surface area (Å²) < 4.78 is 11.7. The van der Waals surface area contributed by atoms with Crippen molar-refractivity contribution < 1.29 is 9.47 Å². The Hall–Kier alpha value is -2.00. The van der Waals surface area contributed by atoms with Crippen molar-refractivity contribution in [3.63, 3.8) is 0 Å². The maximum atomic E-state index is 5.94. The van der Waals surface area contributed by atoms with Crippen molar-refractivity contribution in [3.8, 4) is 11.5 Å². The van der Waals surface area contributed by atoms with Gasteiger partial charge < -0.3 is 15.2 Å². The van der Waals surface area contributed by atoms with Gasteiger partial charge in [0.05, 0.1) is 6.61 Å². The van der Waals surface area contributed by atoms with Gasteiger partial charge in [0.15, 0.2) is 11.5 Å². The highest BCUT2D eigenvalue weighted by atomic mass is 16.5. The minimum atomic E-state index is 0.546. The Morgan fingerprint density at radius 3 is 2.55 bits per heavy atom. The first kappa shape index (κ1) is 16.4. The van der Waals surface area contributed by atoms with Gasteiger partial charge in [-0.25, -0.2) is 0 Å². The highest BCUT2D eigenvalue weighted by Crippen LogP contribution is 2.29. The summed E-state index contributed by atoms with van der Waals surface area (Å²) in [5.74, 6) is 1.60. The van der Waals surface area contributed by atoms with Crippen LogP contribution in [0.2, 0.25) is 0 Å². The predicted octanol–water partition coefficient (Wildman–Crippen LogP) is 3.86. The van der Waals surface area contributed by atoms with Crippen LogP contribution in [-0.2, 0) is 13.0 Å². The molecule has 2 rings (SSSR count). The Morgan fingerprint density at radius 2 is 1.82 bits per heavy atom. The summed E-state index contributed by atoms with van der Waals surface area (Å²) in [6.45, 7) is 5.94. The molecule has 2 aromatic rings. The quantitative estimate of drug-likeness (QED) is 0.805. The van der Waals surface area contributed by atoms with E-state index in [4.69, 9.17) is 15.2 Å². The van der Waals surface area contributed by atoms with E-state index in [1.165, 1.54) is 11.1 Å². The Morgan fingerprint density at radius 1 is 0.955 bits per heavy atom. The smallest absolute Gasteiger partial charge is 0.161 e. The molecule has 2 aromatic carbocycles. The molecule has 0 unspecified atom stereocenters. The third-order valence-corrected chi connectivity index (χ3v) is 3.45. The minimum Gasteiger partial charge on any atom is -0.490 e. The molecule has 0 atom stereocenters. The Labute approximate surface area is 133 Å². The van der Waals surface area contributed by atoms with Crippen LogP contribution in [0.3, 0.4) is 0 Å². The first-order chi connectivity index (χ1) is 10.7. The van der Waals surface area contributed by atoms with Gasteiger partial charge >= 0.3 is 0 Å². The van der Waals surface area contributed by atoms with Gasteiger partial charge in [-0.3, -0.25) is 0 Å². The van der Waals surface area contributed by atoms with Crippen molar-refractivity contribution in [2.24, 2.45) is 5.73 Å². The lowest BCUT2D eigenvalue weighted by Gasteiger charge is -2.13. The monoisotopic (exact) mass is 299 g/mol. The van der Waals surface area contributed by atoms with Gasteiger partial charge in [0, 0.05) is 0 Å². The van der Waals surface area contributed by atoms with Gasteiger partial charge in [0.25, 0.3) is 0 Å². The summed E-state index contributed by atoms with van der Waals surface area (Å²) in [5, 5.41) is 0. The van der Waals surface area contributed by atoms with Crippen molar-refractivity contribution in [2.45, 2.75) is 33.3 Å². The summed E-state index contributed by atoms with van der Waals surface area (Å²) in [4.78, 5) is 0. The van der Waals surface area contributed by atoms with Crippen molar-refractivity contribution >= 4 is 0 Å². The van der Waals surface area contributed by atoms with E-state index in [2.05, 4.69) is 37.3 Å². The van der Waals surface area contributed by atoms with Crippen LogP contribution in [0.5, 0.6) is 11.5 Å². The van der Waals surface area contributed by atoms with Crippen molar-refractivity contribution in [1.82, 2.24) is 0 Å². The van der Waals surface area contributed by atoms with Crippen LogP contribution in [0.1, 0.15) is 30.0 Å². The van der Waals surface area contributed by atoms with Crippen LogP contribution >= 0.6 is 0 Å². The summed E-state index contributed by atoms with van der Waals surface area (Å²) in [6.07, 6.45) is 1.95. The maximum absolute atomic E-state index is 5.94. The molecule has 0 radical (unpaired) electrons. The van der Waals surface area contributed by atoms with Gasteiger partial charge in [-0.2, -0.15) is 0 Å². The number of benzene rings is 2. The molecular formula is C19H25NO2. The van der Waals surface area contributed by atoms with Gasteiger partial charge in [0.2, 0.25) is 0 Å². The molecule has 2 N–H and O–H groups in total. The molecule has 118 valence electrons. The predicted molar refractivity (Wildman–Crippen MR) is 90.5 cm³/mol.